The Hall–Kier alpha value is -5.25. The van der Waals surface area contributed by atoms with Gasteiger partial charge < -0.3 is 30.6 Å². The topological polar surface area (TPSA) is 105 Å². The SMILES string of the molecule is Clc1c(-c2ccccc2)n[n-]c1-c1ccccc1.Clc1c(-c2ccccc2)n[n-]c1-c1ccccc1.Clc1c(-c2ccccc2)n[n-]c1-c1ccccc1.N#Cc1ccccc1.[Ag+].[Ag+].[Ag+]. The van der Waals surface area contributed by atoms with Gasteiger partial charge in [0.05, 0.1) is 43.8 Å². The van der Waals surface area contributed by atoms with Crippen molar-refractivity contribution in [1.82, 2.24) is 30.6 Å². The molecule has 0 aliphatic heterocycles. The van der Waals surface area contributed by atoms with Crippen molar-refractivity contribution in [1.29, 1.82) is 5.26 Å². The van der Waals surface area contributed by atoms with Crippen LogP contribution >= 0.6 is 34.8 Å². The number of nitriles is 1. The number of halogens is 3. The first-order chi connectivity index (χ1) is 30.5. The van der Waals surface area contributed by atoms with Crippen LogP contribution in [0, 0.1) is 11.3 Å². The second kappa shape index (κ2) is 27.3. The van der Waals surface area contributed by atoms with Crippen LogP contribution in [0.2, 0.25) is 15.1 Å². The fourth-order valence-corrected chi connectivity index (χ4v) is 6.98. The minimum absolute atomic E-state index is 0. The number of nitrogens with zero attached hydrogens (tertiary/aromatic N) is 7. The summed E-state index contributed by atoms with van der Waals surface area (Å²) in [5.41, 5.74) is 11.0. The zero-order chi connectivity index (χ0) is 42.9. The van der Waals surface area contributed by atoms with E-state index in [2.05, 4.69) is 30.6 Å². The largest absolute Gasteiger partial charge is 1.00 e. The van der Waals surface area contributed by atoms with E-state index in [0.29, 0.717) is 20.6 Å². The number of aromatic nitrogens is 6. The van der Waals surface area contributed by atoms with Crippen LogP contribution < -0.4 is 15.3 Å². The Morgan fingerprint density at radius 1 is 0.308 bits per heavy atom. The predicted molar refractivity (Wildman–Crippen MR) is 251 cm³/mol. The number of hydrogen-bond donors (Lipinski definition) is 0. The van der Waals surface area contributed by atoms with Gasteiger partial charge >= 0.3 is 67.1 Å². The monoisotopic (exact) mass is 1180 g/mol. The second-order valence-corrected chi connectivity index (χ2v) is 14.4. The quantitative estimate of drug-likeness (QED) is 0.153. The summed E-state index contributed by atoms with van der Waals surface area (Å²) in [6, 6.07) is 70.2. The van der Waals surface area contributed by atoms with E-state index in [0.717, 1.165) is 67.5 Å². The molecule has 13 heteroatoms. The Morgan fingerprint density at radius 3 is 0.708 bits per heavy atom. The van der Waals surface area contributed by atoms with Crippen molar-refractivity contribution in [2.45, 2.75) is 0 Å². The molecule has 0 aliphatic rings. The molecule has 10 rings (SSSR count). The molecule has 3 heterocycles. The average molecular weight is 1190 g/mol. The molecule has 0 fully saturated rings. The Balaban J connectivity index is 0.000000193. The van der Waals surface area contributed by atoms with Gasteiger partial charge in [-0.25, -0.2) is 0 Å². The first-order valence-corrected chi connectivity index (χ1v) is 20.5. The van der Waals surface area contributed by atoms with E-state index in [1.165, 1.54) is 0 Å². The van der Waals surface area contributed by atoms with Gasteiger partial charge in [-0.2, -0.15) is 5.26 Å². The number of rotatable bonds is 6. The van der Waals surface area contributed by atoms with E-state index in [9.17, 15) is 0 Å². The van der Waals surface area contributed by atoms with Crippen LogP contribution in [0.25, 0.3) is 67.5 Å². The molecule has 0 saturated carbocycles. The molecule has 0 unspecified atom stereocenters. The van der Waals surface area contributed by atoms with Crippen molar-refractivity contribution < 1.29 is 67.1 Å². The molecule has 0 aliphatic carbocycles. The van der Waals surface area contributed by atoms with E-state index in [4.69, 9.17) is 40.1 Å². The van der Waals surface area contributed by atoms with Crippen molar-refractivity contribution >= 4 is 34.8 Å². The minimum Gasteiger partial charge on any atom is -0.573 e. The van der Waals surface area contributed by atoms with Crippen LogP contribution in [0.3, 0.4) is 0 Å². The molecule has 7 aromatic carbocycles. The third kappa shape index (κ3) is 14.1. The predicted octanol–water partition coefficient (Wildman–Crippen LogP) is 13.6. The zero-order valence-corrected chi connectivity index (χ0v) is 40.6. The molecule has 0 amide bonds. The summed E-state index contributed by atoms with van der Waals surface area (Å²) in [5, 5.41) is 35.2. The Morgan fingerprint density at radius 2 is 0.508 bits per heavy atom. The molecule has 0 bridgehead atoms. The van der Waals surface area contributed by atoms with Gasteiger partial charge in [-0.05, 0) is 45.5 Å². The van der Waals surface area contributed by atoms with Gasteiger partial charge in [0.15, 0.2) is 0 Å². The molecule has 3 aromatic heterocycles. The van der Waals surface area contributed by atoms with Gasteiger partial charge in [-0.3, -0.25) is 0 Å². The van der Waals surface area contributed by atoms with Crippen LogP contribution in [-0.4, -0.2) is 15.3 Å². The van der Waals surface area contributed by atoms with Crippen molar-refractivity contribution in [3.8, 4) is 73.6 Å². The maximum Gasteiger partial charge on any atom is 1.00 e. The second-order valence-electron chi connectivity index (χ2n) is 13.3. The number of benzene rings is 7. The van der Waals surface area contributed by atoms with E-state index in [-0.39, 0.29) is 67.1 Å². The van der Waals surface area contributed by atoms with Gasteiger partial charge in [-0.15, -0.1) is 0 Å². The van der Waals surface area contributed by atoms with Gasteiger partial charge in [0.2, 0.25) is 0 Å². The van der Waals surface area contributed by atoms with Crippen molar-refractivity contribution in [2.75, 3.05) is 0 Å². The molecule has 0 radical (unpaired) electrons. The van der Waals surface area contributed by atoms with Gasteiger partial charge in [0.1, 0.15) is 0 Å². The fourth-order valence-electron chi connectivity index (χ4n) is 6.10. The molecule has 7 nitrogen and oxygen atoms in total. The first-order valence-electron chi connectivity index (χ1n) is 19.4. The van der Waals surface area contributed by atoms with Gasteiger partial charge in [-0.1, -0.05) is 252 Å². The Kier molecular flexibility index (Phi) is 22.0. The third-order valence-corrected chi connectivity index (χ3v) is 10.3. The smallest absolute Gasteiger partial charge is 0.573 e. The fraction of sp³-hybridized carbons (Fsp3) is 0. The van der Waals surface area contributed by atoms with Crippen LogP contribution in [0.4, 0.5) is 0 Å². The summed E-state index contributed by atoms with van der Waals surface area (Å²) >= 11 is 19.1. The van der Waals surface area contributed by atoms with Crippen molar-refractivity contribution in [3.63, 3.8) is 0 Å². The van der Waals surface area contributed by atoms with Crippen molar-refractivity contribution in [3.05, 3.63) is 233 Å². The van der Waals surface area contributed by atoms with Crippen LogP contribution in [-0.2, 0) is 67.1 Å². The third-order valence-electron chi connectivity index (χ3n) is 9.18. The zero-order valence-electron chi connectivity index (χ0n) is 33.9. The molecule has 0 spiro atoms. The van der Waals surface area contributed by atoms with Gasteiger partial charge in [0, 0.05) is 0 Å². The van der Waals surface area contributed by atoms with Crippen molar-refractivity contribution in [2.24, 2.45) is 0 Å². The Labute approximate surface area is 440 Å². The molecular weight excluding hydrogens is 1150 g/mol. The summed E-state index contributed by atoms with van der Waals surface area (Å²) in [4.78, 5) is 0. The molecule has 10 aromatic rings. The molecular formula is C52H35Ag3Cl3N7. The summed E-state index contributed by atoms with van der Waals surface area (Å²) in [5.74, 6) is 0. The maximum atomic E-state index is 8.29. The standard InChI is InChI=1S/3C15H10ClN2.C7H5N.3Ag/c3*16-13-14(11-7-3-1-4-8-11)17-18-15(13)12-9-5-2-6-10-12;8-6-7-4-2-1-3-5-7;;;/h3*1-10H;1-5H;;;/q3*-1;;3*+1. The van der Waals surface area contributed by atoms with E-state index in [1.54, 1.807) is 12.1 Å². The van der Waals surface area contributed by atoms with E-state index < -0.39 is 0 Å². The minimum atomic E-state index is 0. The summed E-state index contributed by atoms with van der Waals surface area (Å²) in [6.07, 6.45) is 0. The number of hydrogen-bond acceptors (Lipinski definition) is 4. The first kappa shape index (κ1) is 52.4. The average Bonchev–Trinajstić information content (AvgIpc) is 4.07. The molecule has 65 heavy (non-hydrogen) atoms. The van der Waals surface area contributed by atoms with Crippen LogP contribution in [0.1, 0.15) is 5.56 Å². The van der Waals surface area contributed by atoms with Gasteiger partial charge in [0.25, 0.3) is 0 Å². The van der Waals surface area contributed by atoms with E-state index >= 15 is 0 Å². The summed E-state index contributed by atoms with van der Waals surface area (Å²) in [7, 11) is 0. The molecule has 332 valence electrons. The summed E-state index contributed by atoms with van der Waals surface area (Å²) in [6.45, 7) is 0. The normalized spacial score (nSPS) is 9.69. The maximum absolute atomic E-state index is 8.29. The van der Waals surface area contributed by atoms with Crippen LogP contribution in [0.15, 0.2) is 212 Å². The Bertz CT molecular complexity index is 2480. The summed E-state index contributed by atoms with van der Waals surface area (Å²) < 4.78 is 0. The molecule has 0 N–H and O–H groups in total. The molecule has 0 saturated heterocycles. The molecule has 0 atom stereocenters. The van der Waals surface area contributed by atoms with Crippen LogP contribution in [0.5, 0.6) is 0 Å². The van der Waals surface area contributed by atoms with E-state index in [1.807, 2.05) is 206 Å².